The van der Waals surface area contributed by atoms with Gasteiger partial charge in [0.15, 0.2) is 0 Å². The number of halogens is 1. The van der Waals surface area contributed by atoms with E-state index in [1.54, 1.807) is 0 Å². The van der Waals surface area contributed by atoms with Gasteiger partial charge in [0.25, 0.3) is 0 Å². The number of carbonyl (C=O) groups is 1. The van der Waals surface area contributed by atoms with Gasteiger partial charge in [-0.25, -0.2) is 4.79 Å². The number of amides is 2. The highest BCUT2D eigenvalue weighted by atomic mass is 79.9. The Morgan fingerprint density at radius 2 is 1.95 bits per heavy atom. The molecule has 19 heavy (non-hydrogen) atoms. The summed E-state index contributed by atoms with van der Waals surface area (Å²) in [6, 6.07) is 8.06. The van der Waals surface area contributed by atoms with E-state index < -0.39 is 0 Å². The van der Waals surface area contributed by atoms with Crippen molar-refractivity contribution in [3.05, 3.63) is 34.3 Å². The Labute approximate surface area is 123 Å². The molecule has 1 fully saturated rings. The highest BCUT2D eigenvalue weighted by molar-refractivity contribution is 9.10. The fraction of sp³-hybridized carbons (Fsp3) is 0.533. The van der Waals surface area contributed by atoms with Crippen LogP contribution in [0.2, 0.25) is 0 Å². The minimum atomic E-state index is -0.0426. The maximum atomic E-state index is 11.6. The average Bonchev–Trinajstić information content (AvgIpc) is 2.92. The third-order valence-corrected chi connectivity index (χ3v) is 4.44. The molecule has 0 heterocycles. The van der Waals surface area contributed by atoms with Gasteiger partial charge in [0.05, 0.1) is 0 Å². The number of benzene rings is 1. The van der Waals surface area contributed by atoms with Gasteiger partial charge in [0.2, 0.25) is 0 Å². The maximum absolute atomic E-state index is 11.6. The Morgan fingerprint density at radius 3 is 2.68 bits per heavy atom. The summed E-state index contributed by atoms with van der Waals surface area (Å²) in [6.45, 7) is 1.49. The van der Waals surface area contributed by atoms with Crippen molar-refractivity contribution in [2.45, 2.75) is 32.1 Å². The van der Waals surface area contributed by atoms with Crippen LogP contribution >= 0.6 is 15.9 Å². The Morgan fingerprint density at radius 1 is 1.21 bits per heavy atom. The van der Waals surface area contributed by atoms with Crippen LogP contribution in [0.3, 0.4) is 0 Å². The predicted molar refractivity (Wildman–Crippen MR) is 81.2 cm³/mol. The van der Waals surface area contributed by atoms with Crippen molar-refractivity contribution >= 4 is 22.0 Å². The molecule has 1 aromatic rings. The second-order valence-corrected chi connectivity index (χ2v) is 5.98. The molecule has 1 aliphatic rings. The summed E-state index contributed by atoms with van der Waals surface area (Å²) in [5.74, 6) is 0.689. The van der Waals surface area contributed by atoms with E-state index in [0.29, 0.717) is 12.5 Å². The molecule has 1 aromatic carbocycles. The van der Waals surface area contributed by atoms with Crippen molar-refractivity contribution in [3.8, 4) is 0 Å². The molecular formula is C15H21BrN2O. The van der Waals surface area contributed by atoms with Crippen LogP contribution in [-0.2, 0) is 6.42 Å². The Bertz CT molecular complexity index is 416. The average molecular weight is 325 g/mol. The number of urea groups is 1. The first kappa shape index (κ1) is 14.4. The molecule has 3 nitrogen and oxygen atoms in total. The van der Waals surface area contributed by atoms with E-state index in [0.717, 1.165) is 17.4 Å². The van der Waals surface area contributed by atoms with Gasteiger partial charge in [-0.15, -0.1) is 0 Å². The van der Waals surface area contributed by atoms with Crippen molar-refractivity contribution in [3.63, 3.8) is 0 Å². The zero-order valence-electron chi connectivity index (χ0n) is 11.1. The third kappa shape index (κ3) is 4.86. The Kier molecular flexibility index (Phi) is 5.70. The summed E-state index contributed by atoms with van der Waals surface area (Å²) in [7, 11) is 0. The zero-order chi connectivity index (χ0) is 13.5. The summed E-state index contributed by atoms with van der Waals surface area (Å²) >= 11 is 3.51. The predicted octanol–water partition coefficient (Wildman–Crippen LogP) is 3.48. The number of hydrogen-bond acceptors (Lipinski definition) is 1. The first-order chi connectivity index (χ1) is 9.25. The van der Waals surface area contributed by atoms with Gasteiger partial charge in [-0.1, -0.05) is 47.0 Å². The van der Waals surface area contributed by atoms with Crippen LogP contribution in [0.15, 0.2) is 28.7 Å². The van der Waals surface area contributed by atoms with Crippen LogP contribution < -0.4 is 10.6 Å². The summed E-state index contributed by atoms with van der Waals surface area (Å²) in [5.41, 5.74) is 1.22. The quantitative estimate of drug-likeness (QED) is 0.855. The largest absolute Gasteiger partial charge is 0.338 e. The van der Waals surface area contributed by atoms with E-state index in [1.807, 2.05) is 18.2 Å². The third-order valence-electron chi connectivity index (χ3n) is 3.66. The van der Waals surface area contributed by atoms with E-state index >= 15 is 0 Å². The first-order valence-corrected chi connectivity index (χ1v) is 7.80. The summed E-state index contributed by atoms with van der Waals surface area (Å²) in [4.78, 5) is 11.6. The molecule has 0 bridgehead atoms. The lowest BCUT2D eigenvalue weighted by atomic mass is 10.1. The van der Waals surface area contributed by atoms with Gasteiger partial charge >= 0.3 is 6.03 Å². The molecule has 0 aromatic heterocycles. The van der Waals surface area contributed by atoms with Crippen LogP contribution in [0, 0.1) is 5.92 Å². The van der Waals surface area contributed by atoms with E-state index in [1.165, 1.54) is 31.2 Å². The van der Waals surface area contributed by atoms with Gasteiger partial charge in [-0.05, 0) is 36.8 Å². The highest BCUT2D eigenvalue weighted by Gasteiger charge is 2.15. The number of rotatable bonds is 5. The van der Waals surface area contributed by atoms with Crippen LogP contribution in [0.5, 0.6) is 0 Å². The monoisotopic (exact) mass is 324 g/mol. The van der Waals surface area contributed by atoms with Crippen molar-refractivity contribution < 1.29 is 4.79 Å². The second-order valence-electron chi connectivity index (χ2n) is 5.13. The van der Waals surface area contributed by atoms with E-state index in [2.05, 4.69) is 32.6 Å². The van der Waals surface area contributed by atoms with E-state index in [4.69, 9.17) is 0 Å². The normalized spacial score (nSPS) is 15.4. The minimum Gasteiger partial charge on any atom is -0.338 e. The van der Waals surface area contributed by atoms with Gasteiger partial charge in [0.1, 0.15) is 0 Å². The van der Waals surface area contributed by atoms with Gasteiger partial charge in [-0.2, -0.15) is 0 Å². The van der Waals surface area contributed by atoms with Crippen LogP contribution in [0.25, 0.3) is 0 Å². The van der Waals surface area contributed by atoms with Gasteiger partial charge < -0.3 is 10.6 Å². The Hall–Kier alpha value is -1.03. The molecule has 0 unspecified atom stereocenters. The lowest BCUT2D eigenvalue weighted by molar-refractivity contribution is 0.239. The lowest BCUT2D eigenvalue weighted by Crippen LogP contribution is -2.38. The fourth-order valence-corrected chi connectivity index (χ4v) is 3.01. The number of carbonyl (C=O) groups excluding carboxylic acids is 1. The standard InChI is InChI=1S/C15H21BrN2O/c16-14-8-4-3-7-13(14)9-10-17-15(19)18-11-12-5-1-2-6-12/h3-4,7-8,12H,1-2,5-6,9-11H2,(H2,17,18,19). The van der Waals surface area contributed by atoms with Crippen molar-refractivity contribution in [2.75, 3.05) is 13.1 Å². The van der Waals surface area contributed by atoms with Crippen molar-refractivity contribution in [1.29, 1.82) is 0 Å². The molecule has 0 aliphatic heterocycles. The van der Waals surface area contributed by atoms with Crippen LogP contribution in [0.4, 0.5) is 4.79 Å². The molecule has 2 amide bonds. The van der Waals surface area contributed by atoms with Gasteiger partial charge in [0, 0.05) is 17.6 Å². The Balaban J connectivity index is 1.62. The van der Waals surface area contributed by atoms with Crippen molar-refractivity contribution in [1.82, 2.24) is 10.6 Å². The van der Waals surface area contributed by atoms with Crippen LogP contribution in [-0.4, -0.2) is 19.1 Å². The first-order valence-electron chi connectivity index (χ1n) is 7.01. The molecule has 2 rings (SSSR count). The molecule has 0 radical (unpaired) electrons. The minimum absolute atomic E-state index is 0.0426. The fourth-order valence-electron chi connectivity index (χ4n) is 2.53. The summed E-state index contributed by atoms with van der Waals surface area (Å²) < 4.78 is 1.10. The molecule has 0 saturated heterocycles. The molecular weight excluding hydrogens is 304 g/mol. The summed E-state index contributed by atoms with van der Waals surface area (Å²) in [6.07, 6.45) is 6.00. The second kappa shape index (κ2) is 7.53. The maximum Gasteiger partial charge on any atom is 0.314 e. The lowest BCUT2D eigenvalue weighted by Gasteiger charge is -2.12. The van der Waals surface area contributed by atoms with Crippen LogP contribution in [0.1, 0.15) is 31.2 Å². The zero-order valence-corrected chi connectivity index (χ0v) is 12.7. The smallest absolute Gasteiger partial charge is 0.314 e. The number of hydrogen-bond donors (Lipinski definition) is 2. The molecule has 0 atom stereocenters. The van der Waals surface area contributed by atoms with E-state index in [9.17, 15) is 4.79 Å². The summed E-state index contributed by atoms with van der Waals surface area (Å²) in [5, 5.41) is 5.88. The van der Waals surface area contributed by atoms with E-state index in [-0.39, 0.29) is 6.03 Å². The highest BCUT2D eigenvalue weighted by Crippen LogP contribution is 2.23. The molecule has 0 spiro atoms. The SMILES string of the molecule is O=C(NCCc1ccccc1Br)NCC1CCCC1. The molecule has 1 aliphatic carbocycles. The topological polar surface area (TPSA) is 41.1 Å². The molecule has 4 heteroatoms. The molecule has 2 N–H and O–H groups in total. The number of nitrogens with one attached hydrogen (secondary N) is 2. The van der Waals surface area contributed by atoms with Gasteiger partial charge in [-0.3, -0.25) is 0 Å². The molecule has 1 saturated carbocycles. The molecule has 104 valence electrons. The van der Waals surface area contributed by atoms with Crippen molar-refractivity contribution in [2.24, 2.45) is 5.92 Å².